The molecule has 1 saturated heterocycles. The molecule has 3 heterocycles. The molecule has 5 rings (SSSR count). The summed E-state index contributed by atoms with van der Waals surface area (Å²) in [6.45, 7) is 3.66. The smallest absolute Gasteiger partial charge is 0.341 e. The van der Waals surface area contributed by atoms with Crippen LogP contribution in [0.4, 0.5) is 19.0 Å². The number of hydrogen-bond donors (Lipinski definition) is 4. The van der Waals surface area contributed by atoms with Crippen LogP contribution < -0.4 is 26.7 Å². The van der Waals surface area contributed by atoms with Crippen LogP contribution in [0, 0.1) is 29.3 Å². The number of aromatic carboxylic acids is 1. The van der Waals surface area contributed by atoms with E-state index in [2.05, 4.69) is 15.6 Å². The van der Waals surface area contributed by atoms with Crippen LogP contribution in [0.3, 0.4) is 0 Å². The fourth-order valence-electron chi connectivity index (χ4n) is 5.06. The maximum Gasteiger partial charge on any atom is 0.341 e. The van der Waals surface area contributed by atoms with E-state index in [4.69, 9.17) is 5.73 Å². The normalized spacial score (nSPS) is 21.1. The Balaban J connectivity index is 1.42. The number of rotatable bonds is 7. The van der Waals surface area contributed by atoms with Crippen LogP contribution in [-0.4, -0.2) is 63.7 Å². The van der Waals surface area contributed by atoms with Crippen molar-refractivity contribution in [1.29, 1.82) is 0 Å². The molecule has 0 spiro atoms. The van der Waals surface area contributed by atoms with E-state index in [0.29, 0.717) is 19.2 Å². The number of aromatic nitrogens is 2. The van der Waals surface area contributed by atoms with Crippen molar-refractivity contribution in [2.24, 2.45) is 17.6 Å². The fraction of sp³-hybridized carbons (Fsp3) is 0.346. The van der Waals surface area contributed by atoms with E-state index in [1.807, 2.05) is 0 Å². The lowest BCUT2D eigenvalue weighted by molar-refractivity contribution is -0.129. The van der Waals surface area contributed by atoms with Gasteiger partial charge in [-0.15, -0.1) is 0 Å². The molecule has 2 fully saturated rings. The number of amides is 2. The Kier molecular flexibility index (Phi) is 6.74. The fourth-order valence-corrected chi connectivity index (χ4v) is 5.06. The molecule has 1 unspecified atom stereocenters. The Morgan fingerprint density at radius 3 is 2.35 bits per heavy atom. The van der Waals surface area contributed by atoms with Gasteiger partial charge in [0, 0.05) is 43.2 Å². The topological polar surface area (TPSA) is 160 Å². The number of anilines is 1. The molecule has 5 atom stereocenters. The van der Waals surface area contributed by atoms with E-state index < -0.39 is 52.4 Å². The van der Waals surface area contributed by atoms with Crippen LogP contribution in [0.5, 0.6) is 0 Å². The SMILES string of the molecule is C[C@H](N)C(=O)N[C@@H](C)C(=O)NC1[C@H]2CN(c3nc4c(cc3F)c(=O)c(C(=O)O)cn4-c3ccc(F)cc3F)C[C@@H]12. The summed E-state index contributed by atoms with van der Waals surface area (Å²) < 4.78 is 44.5. The summed E-state index contributed by atoms with van der Waals surface area (Å²) in [5.41, 5.74) is 3.28. The Morgan fingerprint density at radius 2 is 1.75 bits per heavy atom. The van der Waals surface area contributed by atoms with Gasteiger partial charge in [0.1, 0.15) is 23.2 Å². The van der Waals surface area contributed by atoms with Crippen molar-refractivity contribution in [2.75, 3.05) is 18.0 Å². The van der Waals surface area contributed by atoms with Crippen molar-refractivity contribution in [3.63, 3.8) is 0 Å². The average molecular weight is 559 g/mol. The maximum atomic E-state index is 15.2. The van der Waals surface area contributed by atoms with Gasteiger partial charge in [0.15, 0.2) is 17.3 Å². The van der Waals surface area contributed by atoms with Gasteiger partial charge in [-0.1, -0.05) is 0 Å². The van der Waals surface area contributed by atoms with Gasteiger partial charge in [-0.25, -0.2) is 22.9 Å². The van der Waals surface area contributed by atoms with E-state index in [9.17, 15) is 33.1 Å². The highest BCUT2D eigenvalue weighted by Crippen LogP contribution is 2.47. The third-order valence-corrected chi connectivity index (χ3v) is 7.28. The van der Waals surface area contributed by atoms with Crippen LogP contribution >= 0.6 is 0 Å². The molecule has 1 aliphatic heterocycles. The minimum atomic E-state index is -1.60. The van der Waals surface area contributed by atoms with E-state index in [-0.39, 0.29) is 46.3 Å². The first-order chi connectivity index (χ1) is 18.9. The van der Waals surface area contributed by atoms with E-state index in [0.717, 1.165) is 29.0 Å². The molecule has 14 heteroatoms. The number of pyridine rings is 2. The van der Waals surface area contributed by atoms with E-state index in [1.165, 1.54) is 13.8 Å². The lowest BCUT2D eigenvalue weighted by atomic mass is 10.1. The van der Waals surface area contributed by atoms with Crippen LogP contribution in [0.15, 0.2) is 35.3 Å². The third kappa shape index (κ3) is 4.74. The van der Waals surface area contributed by atoms with Crippen molar-refractivity contribution in [2.45, 2.75) is 32.0 Å². The molecule has 210 valence electrons. The molecule has 0 bridgehead atoms. The molecule has 40 heavy (non-hydrogen) atoms. The molecule has 2 aliphatic rings. The van der Waals surface area contributed by atoms with Crippen molar-refractivity contribution < 1.29 is 32.7 Å². The quantitative estimate of drug-likeness (QED) is 0.333. The number of carboxylic acid groups (broad SMARTS) is 1. The highest BCUT2D eigenvalue weighted by molar-refractivity contribution is 5.93. The number of nitrogens with one attached hydrogen (secondary N) is 2. The van der Waals surface area contributed by atoms with Crippen molar-refractivity contribution in [3.05, 3.63) is 63.7 Å². The van der Waals surface area contributed by atoms with Crippen LogP contribution in [0.25, 0.3) is 16.7 Å². The summed E-state index contributed by atoms with van der Waals surface area (Å²) in [5.74, 6) is -5.42. The zero-order chi connectivity index (χ0) is 29.0. The van der Waals surface area contributed by atoms with Crippen LogP contribution in [-0.2, 0) is 9.59 Å². The summed E-state index contributed by atoms with van der Waals surface area (Å²) in [5, 5.41) is 14.5. The number of nitrogens with two attached hydrogens (primary N) is 1. The molecule has 1 aromatic carbocycles. The molecule has 1 saturated carbocycles. The van der Waals surface area contributed by atoms with Gasteiger partial charge in [-0.05, 0) is 32.0 Å². The molecular formula is C26H25F3N6O5. The Labute approximate surface area is 224 Å². The first kappa shape index (κ1) is 27.1. The monoisotopic (exact) mass is 558 g/mol. The lowest BCUT2D eigenvalue weighted by Gasteiger charge is -2.23. The van der Waals surface area contributed by atoms with Gasteiger partial charge in [-0.3, -0.25) is 19.0 Å². The summed E-state index contributed by atoms with van der Waals surface area (Å²) in [7, 11) is 0. The molecule has 5 N–H and O–H groups in total. The van der Waals surface area contributed by atoms with Crippen molar-refractivity contribution >= 4 is 34.6 Å². The molecule has 11 nitrogen and oxygen atoms in total. The van der Waals surface area contributed by atoms with Gasteiger partial charge < -0.3 is 26.4 Å². The van der Waals surface area contributed by atoms with Gasteiger partial charge in [0.05, 0.1) is 17.1 Å². The first-order valence-electron chi connectivity index (χ1n) is 12.4. The van der Waals surface area contributed by atoms with Gasteiger partial charge in [0.25, 0.3) is 0 Å². The Morgan fingerprint density at radius 1 is 1.07 bits per heavy atom. The molecule has 0 radical (unpaired) electrons. The second-order valence-electron chi connectivity index (χ2n) is 10.1. The minimum absolute atomic E-state index is 0.0247. The standard InChI is InChI=1S/C26H25F3N6O5/c1-10(30)24(37)31-11(2)25(38)32-20-14-7-34(8-15(14)20)23-18(29)6-13-21(36)16(26(39)40)9-35(22(13)33-23)19-4-3-12(27)5-17(19)28/h3-6,9-11,14-15,20H,7-8,30H2,1-2H3,(H,31,37)(H,32,38)(H,39,40)/t10-,11-,14-,15+,20?/m0/s1. The molecule has 1 aliphatic carbocycles. The van der Waals surface area contributed by atoms with Crippen molar-refractivity contribution in [3.8, 4) is 5.69 Å². The Hall–Kier alpha value is -4.46. The zero-order valence-corrected chi connectivity index (χ0v) is 21.3. The lowest BCUT2D eigenvalue weighted by Crippen LogP contribution is -2.50. The second kappa shape index (κ2) is 9.93. The highest BCUT2D eigenvalue weighted by atomic mass is 19.1. The average Bonchev–Trinajstić information content (AvgIpc) is 3.31. The summed E-state index contributed by atoms with van der Waals surface area (Å²) >= 11 is 0. The highest BCUT2D eigenvalue weighted by Gasteiger charge is 2.57. The number of benzene rings is 1. The minimum Gasteiger partial charge on any atom is -0.477 e. The van der Waals surface area contributed by atoms with E-state index >= 15 is 4.39 Å². The number of carboxylic acids is 1. The van der Waals surface area contributed by atoms with Gasteiger partial charge in [0.2, 0.25) is 17.2 Å². The first-order valence-corrected chi connectivity index (χ1v) is 12.4. The summed E-state index contributed by atoms with van der Waals surface area (Å²) in [4.78, 5) is 54.6. The molecule has 3 aromatic rings. The van der Waals surface area contributed by atoms with Crippen molar-refractivity contribution in [1.82, 2.24) is 20.2 Å². The number of halogens is 3. The number of carbonyl (C=O) groups is 3. The predicted molar refractivity (Wildman–Crippen MR) is 137 cm³/mol. The summed E-state index contributed by atoms with van der Waals surface area (Å²) in [6.07, 6.45) is 0.871. The predicted octanol–water partition coefficient (Wildman–Crippen LogP) is 0.904. The Bertz CT molecular complexity index is 1610. The summed E-state index contributed by atoms with van der Waals surface area (Å²) in [6, 6.07) is 1.71. The molecule has 2 aromatic heterocycles. The van der Waals surface area contributed by atoms with Crippen LogP contribution in [0.1, 0.15) is 24.2 Å². The van der Waals surface area contributed by atoms with Crippen LogP contribution in [0.2, 0.25) is 0 Å². The number of nitrogens with zero attached hydrogens (tertiary/aromatic N) is 3. The maximum absolute atomic E-state index is 15.2. The third-order valence-electron chi connectivity index (χ3n) is 7.28. The number of carbonyl (C=O) groups excluding carboxylic acids is 2. The number of hydrogen-bond acceptors (Lipinski definition) is 7. The number of piperidine rings is 1. The second-order valence-corrected chi connectivity index (χ2v) is 10.1. The van der Waals surface area contributed by atoms with Gasteiger partial charge in [-0.2, -0.15) is 0 Å². The largest absolute Gasteiger partial charge is 0.477 e. The molecular weight excluding hydrogens is 533 g/mol. The van der Waals surface area contributed by atoms with Gasteiger partial charge >= 0.3 is 5.97 Å². The zero-order valence-electron chi connectivity index (χ0n) is 21.3. The molecule has 2 amide bonds. The van der Waals surface area contributed by atoms with E-state index in [1.54, 1.807) is 4.90 Å². The number of fused-ring (bicyclic) bond motifs is 2.